The Morgan fingerprint density at radius 1 is 1.24 bits per heavy atom. The van der Waals surface area contributed by atoms with Crippen molar-refractivity contribution in [3.05, 3.63) is 23.8 Å². The molecule has 2 aliphatic rings. The van der Waals surface area contributed by atoms with Crippen molar-refractivity contribution in [3.8, 4) is 5.75 Å². The maximum atomic E-state index is 13.2. The van der Waals surface area contributed by atoms with E-state index in [1.807, 2.05) is 23.1 Å². The standard InChI is InChI=1S/C20H27NO4/c1-12(2)16-9-15-10-17(25-3)6-7-18(15)21(11-16)19(22)13-4-5-14(8-13)20(23)24/h6-7,10,12-14,16H,4-5,8-9,11H2,1-3H3,(H,23,24)/t13-,14+,16?/m1/s1. The molecule has 0 saturated heterocycles. The van der Waals surface area contributed by atoms with E-state index in [9.17, 15) is 14.7 Å². The lowest BCUT2D eigenvalue weighted by Crippen LogP contribution is -2.44. The number of carboxylic acid groups (broad SMARTS) is 1. The van der Waals surface area contributed by atoms with Crippen LogP contribution in [0.2, 0.25) is 0 Å². The summed E-state index contributed by atoms with van der Waals surface area (Å²) < 4.78 is 5.34. The predicted octanol–water partition coefficient (Wildman–Crippen LogP) is 3.36. The lowest BCUT2D eigenvalue weighted by atomic mass is 9.84. The summed E-state index contributed by atoms with van der Waals surface area (Å²) in [7, 11) is 1.65. The third kappa shape index (κ3) is 3.51. The van der Waals surface area contributed by atoms with Crippen LogP contribution in [-0.2, 0) is 16.0 Å². The van der Waals surface area contributed by atoms with Crippen molar-refractivity contribution in [2.24, 2.45) is 23.7 Å². The van der Waals surface area contributed by atoms with E-state index in [4.69, 9.17) is 4.74 Å². The van der Waals surface area contributed by atoms with Crippen molar-refractivity contribution >= 4 is 17.6 Å². The van der Waals surface area contributed by atoms with Crippen LogP contribution in [0.15, 0.2) is 18.2 Å². The van der Waals surface area contributed by atoms with E-state index >= 15 is 0 Å². The topological polar surface area (TPSA) is 66.8 Å². The van der Waals surface area contributed by atoms with Crippen molar-refractivity contribution in [2.45, 2.75) is 39.5 Å². The third-order valence-electron chi connectivity index (χ3n) is 5.82. The lowest BCUT2D eigenvalue weighted by molar-refractivity contribution is -0.141. The summed E-state index contributed by atoms with van der Waals surface area (Å²) in [4.78, 5) is 26.3. The van der Waals surface area contributed by atoms with Gasteiger partial charge in [0.1, 0.15) is 5.75 Å². The fourth-order valence-electron chi connectivity index (χ4n) is 4.10. The molecule has 5 nitrogen and oxygen atoms in total. The molecule has 25 heavy (non-hydrogen) atoms. The van der Waals surface area contributed by atoms with Gasteiger partial charge in [-0.1, -0.05) is 13.8 Å². The highest BCUT2D eigenvalue weighted by Gasteiger charge is 2.39. The highest BCUT2D eigenvalue weighted by molar-refractivity contribution is 5.97. The van der Waals surface area contributed by atoms with Gasteiger partial charge in [0.05, 0.1) is 13.0 Å². The van der Waals surface area contributed by atoms with Gasteiger partial charge in [-0.25, -0.2) is 0 Å². The van der Waals surface area contributed by atoms with Crippen molar-refractivity contribution in [1.29, 1.82) is 0 Å². The number of carbonyl (C=O) groups is 2. The number of ether oxygens (including phenoxy) is 1. The van der Waals surface area contributed by atoms with Crippen LogP contribution >= 0.6 is 0 Å². The molecule has 0 bridgehead atoms. The normalized spacial score (nSPS) is 25.8. The first-order chi connectivity index (χ1) is 11.9. The summed E-state index contributed by atoms with van der Waals surface area (Å²) in [6, 6.07) is 5.88. The van der Waals surface area contributed by atoms with Gasteiger partial charge in [0.2, 0.25) is 5.91 Å². The number of methoxy groups -OCH3 is 1. The van der Waals surface area contributed by atoms with Crippen LogP contribution in [0, 0.1) is 23.7 Å². The minimum Gasteiger partial charge on any atom is -0.497 e. The molecule has 1 aromatic rings. The van der Waals surface area contributed by atoms with Gasteiger partial charge in [0.25, 0.3) is 0 Å². The fraction of sp³-hybridized carbons (Fsp3) is 0.600. The molecule has 1 fully saturated rings. The quantitative estimate of drug-likeness (QED) is 0.909. The molecular weight excluding hydrogens is 318 g/mol. The molecular formula is C20H27NO4. The summed E-state index contributed by atoms with van der Waals surface area (Å²) in [6.07, 6.45) is 2.67. The highest BCUT2D eigenvalue weighted by atomic mass is 16.5. The average molecular weight is 345 g/mol. The molecule has 5 heteroatoms. The minimum absolute atomic E-state index is 0.0838. The molecule has 1 unspecified atom stereocenters. The Morgan fingerprint density at radius 2 is 1.96 bits per heavy atom. The highest BCUT2D eigenvalue weighted by Crippen LogP contribution is 2.39. The Hall–Kier alpha value is -2.04. The molecule has 136 valence electrons. The van der Waals surface area contributed by atoms with Gasteiger partial charge in [0, 0.05) is 18.2 Å². The van der Waals surface area contributed by atoms with Gasteiger partial charge < -0.3 is 14.7 Å². The smallest absolute Gasteiger partial charge is 0.306 e. The number of amides is 1. The Bertz CT molecular complexity index is 670. The molecule has 1 N–H and O–H groups in total. The Morgan fingerprint density at radius 3 is 2.56 bits per heavy atom. The number of rotatable bonds is 4. The summed E-state index contributed by atoms with van der Waals surface area (Å²) >= 11 is 0. The third-order valence-corrected chi connectivity index (χ3v) is 5.82. The van der Waals surface area contributed by atoms with Gasteiger partial charge in [-0.3, -0.25) is 9.59 Å². The van der Waals surface area contributed by atoms with E-state index < -0.39 is 5.97 Å². The van der Waals surface area contributed by atoms with Crippen LogP contribution in [0.1, 0.15) is 38.7 Å². The molecule has 0 aromatic heterocycles. The van der Waals surface area contributed by atoms with Crippen LogP contribution < -0.4 is 9.64 Å². The Labute approximate surface area is 149 Å². The molecule has 3 atom stereocenters. The number of carboxylic acids is 1. The molecule has 1 aliphatic heterocycles. The van der Waals surface area contributed by atoms with Crippen molar-refractivity contribution < 1.29 is 19.4 Å². The lowest BCUT2D eigenvalue weighted by Gasteiger charge is -2.38. The summed E-state index contributed by atoms with van der Waals surface area (Å²) in [5.74, 6) is 0.434. The van der Waals surface area contributed by atoms with Crippen molar-refractivity contribution in [3.63, 3.8) is 0 Å². The summed E-state index contributed by atoms with van der Waals surface area (Å²) in [5, 5.41) is 9.21. The number of fused-ring (bicyclic) bond motifs is 1. The van der Waals surface area contributed by atoms with Crippen molar-refractivity contribution in [2.75, 3.05) is 18.6 Å². The Kier molecular flexibility index (Phi) is 5.02. The second kappa shape index (κ2) is 7.06. The van der Waals surface area contributed by atoms with Crippen LogP contribution in [0.25, 0.3) is 0 Å². The number of aliphatic carboxylic acids is 1. The maximum Gasteiger partial charge on any atom is 0.306 e. The van der Waals surface area contributed by atoms with E-state index in [0.29, 0.717) is 37.6 Å². The largest absolute Gasteiger partial charge is 0.497 e. The molecule has 0 spiro atoms. The van der Waals surface area contributed by atoms with Gasteiger partial charge in [-0.15, -0.1) is 0 Å². The van der Waals surface area contributed by atoms with E-state index in [1.54, 1.807) is 7.11 Å². The maximum absolute atomic E-state index is 13.2. The molecule has 1 aliphatic carbocycles. The van der Waals surface area contributed by atoms with E-state index in [1.165, 1.54) is 0 Å². The van der Waals surface area contributed by atoms with Gasteiger partial charge in [-0.05, 0) is 61.3 Å². The van der Waals surface area contributed by atoms with Crippen LogP contribution in [0.3, 0.4) is 0 Å². The first kappa shape index (κ1) is 17.8. The van der Waals surface area contributed by atoms with Crippen LogP contribution in [-0.4, -0.2) is 30.6 Å². The average Bonchev–Trinajstić information content (AvgIpc) is 3.09. The monoisotopic (exact) mass is 345 g/mol. The molecule has 3 rings (SSSR count). The zero-order valence-corrected chi connectivity index (χ0v) is 15.2. The zero-order chi connectivity index (χ0) is 18.1. The van der Waals surface area contributed by atoms with Gasteiger partial charge >= 0.3 is 5.97 Å². The molecule has 1 saturated carbocycles. The molecule has 0 radical (unpaired) electrons. The fourth-order valence-corrected chi connectivity index (χ4v) is 4.10. The van der Waals surface area contributed by atoms with Crippen LogP contribution in [0.4, 0.5) is 5.69 Å². The van der Waals surface area contributed by atoms with Crippen molar-refractivity contribution in [1.82, 2.24) is 0 Å². The second-order valence-electron chi connectivity index (χ2n) is 7.70. The number of nitrogens with zero attached hydrogens (tertiary/aromatic N) is 1. The first-order valence-electron chi connectivity index (χ1n) is 9.11. The number of carbonyl (C=O) groups excluding carboxylic acids is 1. The van der Waals surface area contributed by atoms with Gasteiger partial charge in [0.15, 0.2) is 0 Å². The number of hydrogen-bond acceptors (Lipinski definition) is 3. The SMILES string of the molecule is COc1ccc2c(c1)CC(C(C)C)CN2C(=O)[C@@H]1CC[C@H](C(=O)O)C1. The summed E-state index contributed by atoms with van der Waals surface area (Å²) in [5.41, 5.74) is 2.10. The number of anilines is 1. The Balaban J connectivity index is 1.87. The number of hydrogen-bond donors (Lipinski definition) is 1. The summed E-state index contributed by atoms with van der Waals surface area (Å²) in [6.45, 7) is 5.09. The zero-order valence-electron chi connectivity index (χ0n) is 15.2. The first-order valence-corrected chi connectivity index (χ1v) is 9.11. The molecule has 1 heterocycles. The van der Waals surface area contributed by atoms with Gasteiger partial charge in [-0.2, -0.15) is 0 Å². The number of benzene rings is 1. The minimum atomic E-state index is -0.779. The van der Waals surface area contributed by atoms with Crippen LogP contribution in [0.5, 0.6) is 5.75 Å². The second-order valence-corrected chi connectivity index (χ2v) is 7.70. The van der Waals surface area contributed by atoms with E-state index in [0.717, 1.165) is 23.4 Å². The van der Waals surface area contributed by atoms with E-state index in [2.05, 4.69) is 13.8 Å². The van der Waals surface area contributed by atoms with E-state index in [-0.39, 0.29) is 17.7 Å². The molecule has 1 amide bonds. The predicted molar refractivity (Wildman–Crippen MR) is 95.8 cm³/mol. The molecule has 1 aromatic carbocycles.